The third-order valence-corrected chi connectivity index (χ3v) is 4.55. The first kappa shape index (κ1) is 14.8. The summed E-state index contributed by atoms with van der Waals surface area (Å²) in [6, 6.07) is 0.763. The largest absolute Gasteiger partial charge is 0.378 e. The number of rotatable bonds is 5. The van der Waals surface area contributed by atoms with Gasteiger partial charge in [-0.1, -0.05) is 0 Å². The maximum absolute atomic E-state index is 12.4. The van der Waals surface area contributed by atoms with Crippen molar-refractivity contribution in [3.63, 3.8) is 0 Å². The van der Waals surface area contributed by atoms with Crippen molar-refractivity contribution in [1.29, 1.82) is 0 Å². The Kier molecular flexibility index (Phi) is 5.64. The van der Waals surface area contributed by atoms with Gasteiger partial charge in [0.05, 0.1) is 6.10 Å². The molecule has 4 nitrogen and oxygen atoms in total. The highest BCUT2D eigenvalue weighted by Crippen LogP contribution is 2.24. The van der Waals surface area contributed by atoms with Crippen molar-refractivity contribution in [2.45, 2.75) is 76.5 Å². The summed E-state index contributed by atoms with van der Waals surface area (Å²) < 4.78 is 5.59. The van der Waals surface area contributed by atoms with Crippen molar-refractivity contribution < 1.29 is 9.53 Å². The maximum Gasteiger partial charge on any atom is 0.222 e. The van der Waals surface area contributed by atoms with Gasteiger partial charge in [-0.25, -0.2) is 0 Å². The van der Waals surface area contributed by atoms with Crippen LogP contribution in [-0.2, 0) is 9.53 Å². The summed E-state index contributed by atoms with van der Waals surface area (Å²) in [4.78, 5) is 14.4. The molecular formula is C15H28N2O2. The molecule has 1 saturated heterocycles. The van der Waals surface area contributed by atoms with E-state index in [9.17, 15) is 4.79 Å². The molecule has 2 N–H and O–H groups in total. The number of nitrogens with zero attached hydrogens (tertiary/aromatic N) is 1. The van der Waals surface area contributed by atoms with Crippen molar-refractivity contribution >= 4 is 5.91 Å². The van der Waals surface area contributed by atoms with Crippen molar-refractivity contribution in [2.24, 2.45) is 5.73 Å². The minimum atomic E-state index is 0.304. The first-order valence-corrected chi connectivity index (χ1v) is 7.87. The van der Waals surface area contributed by atoms with Crippen molar-refractivity contribution in [3.05, 3.63) is 0 Å². The summed E-state index contributed by atoms with van der Waals surface area (Å²) in [6.07, 6.45) is 8.38. The average Bonchev–Trinajstić information content (AvgIpc) is 2.92. The Morgan fingerprint density at radius 2 is 2.00 bits per heavy atom. The van der Waals surface area contributed by atoms with Crippen molar-refractivity contribution in [3.8, 4) is 0 Å². The molecule has 1 aliphatic carbocycles. The number of carbonyl (C=O) groups is 1. The van der Waals surface area contributed by atoms with E-state index in [0.29, 0.717) is 30.5 Å². The molecule has 0 aromatic carbocycles. The Morgan fingerprint density at radius 3 is 2.58 bits per heavy atom. The number of amides is 1. The molecule has 2 aliphatic rings. The number of nitrogens with two attached hydrogens (primary N) is 1. The quantitative estimate of drug-likeness (QED) is 0.830. The highest BCUT2D eigenvalue weighted by molar-refractivity contribution is 5.76. The summed E-state index contributed by atoms with van der Waals surface area (Å²) >= 11 is 0. The molecule has 19 heavy (non-hydrogen) atoms. The fourth-order valence-electron chi connectivity index (χ4n) is 3.35. The lowest BCUT2D eigenvalue weighted by molar-refractivity contribution is -0.134. The van der Waals surface area contributed by atoms with Gasteiger partial charge in [0.2, 0.25) is 5.91 Å². The van der Waals surface area contributed by atoms with E-state index in [1.54, 1.807) is 0 Å². The summed E-state index contributed by atoms with van der Waals surface area (Å²) in [5, 5.41) is 0. The van der Waals surface area contributed by atoms with E-state index >= 15 is 0 Å². The molecule has 1 heterocycles. The zero-order chi connectivity index (χ0) is 13.7. The molecule has 110 valence electrons. The first-order chi connectivity index (χ1) is 9.20. The van der Waals surface area contributed by atoms with E-state index in [1.165, 1.54) is 0 Å². The smallest absolute Gasteiger partial charge is 0.222 e. The molecule has 0 radical (unpaired) electrons. The Balaban J connectivity index is 1.77. The van der Waals surface area contributed by atoms with E-state index in [2.05, 4.69) is 11.8 Å². The molecule has 1 saturated carbocycles. The molecule has 1 amide bonds. The van der Waals surface area contributed by atoms with Gasteiger partial charge in [0, 0.05) is 31.7 Å². The van der Waals surface area contributed by atoms with Crippen LogP contribution >= 0.6 is 0 Å². The zero-order valence-corrected chi connectivity index (χ0v) is 12.1. The van der Waals surface area contributed by atoms with Crippen molar-refractivity contribution in [2.75, 3.05) is 13.2 Å². The fraction of sp³-hybridized carbons (Fsp3) is 0.933. The topological polar surface area (TPSA) is 55.6 Å². The van der Waals surface area contributed by atoms with Crippen LogP contribution in [0.3, 0.4) is 0 Å². The molecule has 2 fully saturated rings. The van der Waals surface area contributed by atoms with Crippen LogP contribution in [0.15, 0.2) is 0 Å². The molecule has 1 unspecified atom stereocenters. The lowest BCUT2D eigenvalue weighted by Crippen LogP contribution is -2.44. The van der Waals surface area contributed by atoms with Crippen LogP contribution in [0.25, 0.3) is 0 Å². The molecule has 1 atom stereocenters. The van der Waals surface area contributed by atoms with Crippen LogP contribution in [-0.4, -0.2) is 42.1 Å². The Labute approximate surface area is 116 Å². The van der Waals surface area contributed by atoms with E-state index in [1.807, 2.05) is 0 Å². The standard InChI is InChI=1S/C15H28N2O2/c1-2-17(13-7-5-12(16)6-8-13)15(18)10-9-14-4-3-11-19-14/h12-14H,2-11,16H2,1H3. The number of hydrogen-bond donors (Lipinski definition) is 1. The molecule has 0 bridgehead atoms. The Bertz CT molecular complexity index is 282. The highest BCUT2D eigenvalue weighted by Gasteiger charge is 2.27. The summed E-state index contributed by atoms with van der Waals surface area (Å²) in [6.45, 7) is 3.78. The van der Waals surface area contributed by atoms with Gasteiger partial charge in [0.25, 0.3) is 0 Å². The Hall–Kier alpha value is -0.610. The second-order valence-electron chi connectivity index (χ2n) is 5.92. The van der Waals surface area contributed by atoms with Crippen LogP contribution in [0.5, 0.6) is 0 Å². The monoisotopic (exact) mass is 268 g/mol. The number of hydrogen-bond acceptors (Lipinski definition) is 3. The predicted molar refractivity (Wildman–Crippen MR) is 75.8 cm³/mol. The zero-order valence-electron chi connectivity index (χ0n) is 12.1. The van der Waals surface area contributed by atoms with Crippen LogP contribution < -0.4 is 5.73 Å². The first-order valence-electron chi connectivity index (χ1n) is 7.87. The maximum atomic E-state index is 12.4. The minimum absolute atomic E-state index is 0.304. The molecule has 1 aliphatic heterocycles. The lowest BCUT2D eigenvalue weighted by atomic mass is 9.90. The second kappa shape index (κ2) is 7.25. The predicted octanol–water partition coefficient (Wildman–Crippen LogP) is 2.06. The van der Waals surface area contributed by atoms with E-state index in [0.717, 1.165) is 58.1 Å². The lowest BCUT2D eigenvalue weighted by Gasteiger charge is -2.35. The molecule has 2 rings (SSSR count). The number of carbonyl (C=O) groups excluding carboxylic acids is 1. The van der Waals surface area contributed by atoms with Crippen LogP contribution in [0.2, 0.25) is 0 Å². The van der Waals surface area contributed by atoms with Gasteiger partial charge >= 0.3 is 0 Å². The minimum Gasteiger partial charge on any atom is -0.378 e. The number of ether oxygens (including phenoxy) is 1. The van der Waals surface area contributed by atoms with Gasteiger partial charge in [-0.3, -0.25) is 4.79 Å². The van der Waals surface area contributed by atoms with Gasteiger partial charge in [0.15, 0.2) is 0 Å². The van der Waals surface area contributed by atoms with E-state index in [-0.39, 0.29) is 0 Å². The van der Waals surface area contributed by atoms with Crippen LogP contribution in [0.1, 0.15) is 58.3 Å². The van der Waals surface area contributed by atoms with E-state index in [4.69, 9.17) is 10.5 Å². The molecule has 4 heteroatoms. The van der Waals surface area contributed by atoms with E-state index < -0.39 is 0 Å². The van der Waals surface area contributed by atoms with Gasteiger partial charge in [-0.05, 0) is 51.9 Å². The highest BCUT2D eigenvalue weighted by atomic mass is 16.5. The normalized spacial score (nSPS) is 31.4. The summed E-state index contributed by atoms with van der Waals surface area (Å²) in [5.41, 5.74) is 5.94. The third kappa shape index (κ3) is 4.18. The molecule has 0 aromatic rings. The third-order valence-electron chi connectivity index (χ3n) is 4.55. The Morgan fingerprint density at radius 1 is 1.26 bits per heavy atom. The average molecular weight is 268 g/mol. The molecular weight excluding hydrogens is 240 g/mol. The van der Waals surface area contributed by atoms with Gasteiger partial charge in [-0.2, -0.15) is 0 Å². The fourth-order valence-corrected chi connectivity index (χ4v) is 3.35. The summed E-state index contributed by atoms with van der Waals surface area (Å²) in [7, 11) is 0. The molecule has 0 aromatic heterocycles. The van der Waals surface area contributed by atoms with Gasteiger partial charge in [-0.15, -0.1) is 0 Å². The van der Waals surface area contributed by atoms with Crippen LogP contribution in [0, 0.1) is 0 Å². The van der Waals surface area contributed by atoms with Crippen molar-refractivity contribution in [1.82, 2.24) is 4.90 Å². The van der Waals surface area contributed by atoms with Gasteiger partial charge in [0.1, 0.15) is 0 Å². The summed E-state index contributed by atoms with van der Waals surface area (Å²) in [5.74, 6) is 0.304. The second-order valence-corrected chi connectivity index (χ2v) is 5.92. The molecule has 0 spiro atoms. The van der Waals surface area contributed by atoms with Crippen LogP contribution in [0.4, 0.5) is 0 Å². The SMILES string of the molecule is CCN(C(=O)CCC1CCCO1)C1CCC(N)CC1. The van der Waals surface area contributed by atoms with Gasteiger partial charge < -0.3 is 15.4 Å².